The Labute approximate surface area is 96.1 Å². The fourth-order valence-electron chi connectivity index (χ4n) is 1.56. The average Bonchev–Trinajstić information content (AvgIpc) is 2.26. The van der Waals surface area contributed by atoms with Crippen LogP contribution in [0.5, 0.6) is 0 Å². The van der Waals surface area contributed by atoms with E-state index in [-0.39, 0.29) is 6.54 Å². The quantitative estimate of drug-likeness (QED) is 0.874. The van der Waals surface area contributed by atoms with Gasteiger partial charge >= 0.3 is 0 Å². The zero-order valence-electron chi connectivity index (χ0n) is 8.02. The molecule has 0 spiro atoms. The van der Waals surface area contributed by atoms with Gasteiger partial charge in [-0.2, -0.15) is 0 Å². The zero-order chi connectivity index (χ0) is 10.8. The Kier molecular flexibility index (Phi) is 3.00. The molecule has 0 saturated heterocycles. The van der Waals surface area contributed by atoms with Crippen molar-refractivity contribution in [2.75, 3.05) is 6.54 Å². The number of hydrogen-bond donors (Lipinski definition) is 2. The molecule has 0 bridgehead atoms. The van der Waals surface area contributed by atoms with E-state index in [1.54, 1.807) is 6.20 Å². The van der Waals surface area contributed by atoms with Crippen LogP contribution in [0, 0.1) is 0 Å². The van der Waals surface area contributed by atoms with Crippen molar-refractivity contribution in [3.05, 3.63) is 40.5 Å². The SMILES string of the molecule is NCC(O)c1cc(Br)cc2cccnc12. The van der Waals surface area contributed by atoms with Gasteiger partial charge in [0.1, 0.15) is 0 Å². The van der Waals surface area contributed by atoms with Gasteiger partial charge in [-0.05, 0) is 18.2 Å². The predicted octanol–water partition coefficient (Wildman–Crippen LogP) is 1.99. The molecule has 3 nitrogen and oxygen atoms in total. The van der Waals surface area contributed by atoms with Crippen LogP contribution in [0.4, 0.5) is 0 Å². The first-order chi connectivity index (χ1) is 7.22. The largest absolute Gasteiger partial charge is 0.387 e. The fourth-order valence-corrected chi connectivity index (χ4v) is 2.06. The molecule has 0 amide bonds. The second-order valence-corrected chi connectivity index (χ2v) is 4.24. The van der Waals surface area contributed by atoms with Crippen molar-refractivity contribution in [2.45, 2.75) is 6.10 Å². The number of nitrogens with two attached hydrogens (primary N) is 1. The van der Waals surface area contributed by atoms with E-state index in [1.165, 1.54) is 0 Å². The highest BCUT2D eigenvalue weighted by molar-refractivity contribution is 9.10. The van der Waals surface area contributed by atoms with Gasteiger partial charge in [0.25, 0.3) is 0 Å². The van der Waals surface area contributed by atoms with Gasteiger partial charge in [0.15, 0.2) is 0 Å². The molecule has 1 aromatic carbocycles. The molecule has 0 aliphatic carbocycles. The molecule has 0 aliphatic rings. The number of rotatable bonds is 2. The minimum absolute atomic E-state index is 0.197. The first-order valence-electron chi connectivity index (χ1n) is 4.64. The first-order valence-corrected chi connectivity index (χ1v) is 5.44. The van der Waals surface area contributed by atoms with Crippen LogP contribution in [0.1, 0.15) is 11.7 Å². The van der Waals surface area contributed by atoms with Crippen molar-refractivity contribution >= 4 is 26.8 Å². The van der Waals surface area contributed by atoms with E-state index in [4.69, 9.17) is 5.73 Å². The van der Waals surface area contributed by atoms with Crippen LogP contribution in [0.25, 0.3) is 10.9 Å². The molecule has 3 N–H and O–H groups in total. The lowest BCUT2D eigenvalue weighted by molar-refractivity contribution is 0.188. The normalized spacial score (nSPS) is 13.0. The monoisotopic (exact) mass is 266 g/mol. The number of fused-ring (bicyclic) bond motifs is 1. The molecule has 1 atom stereocenters. The molecule has 0 aliphatic heterocycles. The van der Waals surface area contributed by atoms with E-state index in [9.17, 15) is 5.11 Å². The maximum atomic E-state index is 9.77. The van der Waals surface area contributed by atoms with Gasteiger partial charge < -0.3 is 10.8 Å². The Morgan fingerprint density at radius 3 is 3.00 bits per heavy atom. The predicted molar refractivity (Wildman–Crippen MR) is 63.5 cm³/mol. The summed E-state index contributed by atoms with van der Waals surface area (Å²) in [5.74, 6) is 0. The van der Waals surface area contributed by atoms with Crippen LogP contribution in [0.15, 0.2) is 34.9 Å². The summed E-state index contributed by atoms with van der Waals surface area (Å²) >= 11 is 3.40. The smallest absolute Gasteiger partial charge is 0.0933 e. The van der Waals surface area contributed by atoms with Crippen LogP contribution in [0.2, 0.25) is 0 Å². The number of halogens is 1. The summed E-state index contributed by atoms with van der Waals surface area (Å²) in [5.41, 5.74) is 7.02. The lowest BCUT2D eigenvalue weighted by Crippen LogP contribution is -2.12. The van der Waals surface area contributed by atoms with E-state index < -0.39 is 6.10 Å². The molecular formula is C11H11BrN2O. The van der Waals surface area contributed by atoms with Crippen LogP contribution in [0.3, 0.4) is 0 Å². The number of nitrogens with zero attached hydrogens (tertiary/aromatic N) is 1. The summed E-state index contributed by atoms with van der Waals surface area (Å²) in [6, 6.07) is 7.65. The Balaban J connectivity index is 2.71. The molecular weight excluding hydrogens is 256 g/mol. The highest BCUT2D eigenvalue weighted by atomic mass is 79.9. The van der Waals surface area contributed by atoms with Gasteiger partial charge in [-0.3, -0.25) is 4.98 Å². The van der Waals surface area contributed by atoms with Gasteiger partial charge in [-0.15, -0.1) is 0 Å². The van der Waals surface area contributed by atoms with E-state index in [1.807, 2.05) is 24.3 Å². The summed E-state index contributed by atoms with van der Waals surface area (Å²) < 4.78 is 0.922. The van der Waals surface area contributed by atoms with Crippen molar-refractivity contribution in [3.8, 4) is 0 Å². The molecule has 1 unspecified atom stereocenters. The van der Waals surface area contributed by atoms with Crippen LogP contribution in [-0.2, 0) is 0 Å². The van der Waals surface area contributed by atoms with Gasteiger partial charge in [0, 0.05) is 28.2 Å². The van der Waals surface area contributed by atoms with E-state index in [0.717, 1.165) is 20.9 Å². The third-order valence-electron chi connectivity index (χ3n) is 2.28. The van der Waals surface area contributed by atoms with Gasteiger partial charge in [0.2, 0.25) is 0 Å². The van der Waals surface area contributed by atoms with Gasteiger partial charge in [-0.25, -0.2) is 0 Å². The topological polar surface area (TPSA) is 59.1 Å². The summed E-state index contributed by atoms with van der Waals surface area (Å²) in [4.78, 5) is 4.25. The van der Waals surface area contributed by atoms with Crippen molar-refractivity contribution in [3.63, 3.8) is 0 Å². The van der Waals surface area contributed by atoms with Crippen molar-refractivity contribution < 1.29 is 5.11 Å². The summed E-state index contributed by atoms with van der Waals surface area (Å²) in [6.45, 7) is 0.197. The maximum absolute atomic E-state index is 9.77. The van der Waals surface area contributed by atoms with E-state index in [0.29, 0.717) is 0 Å². The third-order valence-corrected chi connectivity index (χ3v) is 2.74. The standard InChI is InChI=1S/C11H11BrN2O/c12-8-4-7-2-1-3-14-11(7)9(5-8)10(15)6-13/h1-5,10,15H,6,13H2. The number of aromatic nitrogens is 1. The van der Waals surface area contributed by atoms with E-state index >= 15 is 0 Å². The number of pyridine rings is 1. The number of aliphatic hydroxyl groups excluding tert-OH is 1. The Morgan fingerprint density at radius 1 is 1.47 bits per heavy atom. The van der Waals surface area contributed by atoms with E-state index in [2.05, 4.69) is 20.9 Å². The second-order valence-electron chi connectivity index (χ2n) is 3.32. The Morgan fingerprint density at radius 2 is 2.27 bits per heavy atom. The minimum Gasteiger partial charge on any atom is -0.387 e. The molecule has 78 valence electrons. The molecule has 1 heterocycles. The van der Waals surface area contributed by atoms with Crippen molar-refractivity contribution in [2.24, 2.45) is 5.73 Å². The highest BCUT2D eigenvalue weighted by Gasteiger charge is 2.11. The molecule has 4 heteroatoms. The number of aliphatic hydroxyl groups is 1. The molecule has 2 rings (SSSR count). The maximum Gasteiger partial charge on any atom is 0.0933 e. The molecule has 0 saturated carbocycles. The molecule has 2 aromatic rings. The minimum atomic E-state index is -0.667. The third kappa shape index (κ3) is 2.02. The Bertz CT molecular complexity index is 487. The van der Waals surface area contributed by atoms with Gasteiger partial charge in [0.05, 0.1) is 11.6 Å². The van der Waals surface area contributed by atoms with Crippen molar-refractivity contribution in [1.82, 2.24) is 4.98 Å². The Hall–Kier alpha value is -0.970. The lowest BCUT2D eigenvalue weighted by atomic mass is 10.1. The van der Waals surface area contributed by atoms with Crippen LogP contribution in [-0.4, -0.2) is 16.6 Å². The first kappa shape index (κ1) is 10.5. The summed E-state index contributed by atoms with van der Waals surface area (Å²) in [5, 5.41) is 10.8. The molecule has 0 fully saturated rings. The fraction of sp³-hybridized carbons (Fsp3) is 0.182. The summed E-state index contributed by atoms with van der Waals surface area (Å²) in [6.07, 6.45) is 1.04. The van der Waals surface area contributed by atoms with Crippen molar-refractivity contribution in [1.29, 1.82) is 0 Å². The lowest BCUT2D eigenvalue weighted by Gasteiger charge is -2.11. The zero-order valence-corrected chi connectivity index (χ0v) is 9.61. The molecule has 0 radical (unpaired) electrons. The van der Waals surface area contributed by atoms with Gasteiger partial charge in [-0.1, -0.05) is 22.0 Å². The van der Waals surface area contributed by atoms with Crippen LogP contribution >= 0.6 is 15.9 Å². The second kappa shape index (κ2) is 4.26. The summed E-state index contributed by atoms with van der Waals surface area (Å²) in [7, 11) is 0. The number of benzene rings is 1. The average molecular weight is 267 g/mol. The highest BCUT2D eigenvalue weighted by Crippen LogP contribution is 2.26. The molecule has 15 heavy (non-hydrogen) atoms. The molecule has 1 aromatic heterocycles. The number of hydrogen-bond acceptors (Lipinski definition) is 3. The van der Waals surface area contributed by atoms with Crippen LogP contribution < -0.4 is 5.73 Å².